The van der Waals surface area contributed by atoms with E-state index in [2.05, 4.69) is 5.10 Å². The Kier molecular flexibility index (Phi) is 3.37. The molecule has 1 fully saturated rings. The normalized spacial score (nSPS) is 17.6. The van der Waals surface area contributed by atoms with Crippen molar-refractivity contribution in [2.24, 2.45) is 0 Å². The zero-order valence-electron chi connectivity index (χ0n) is 9.43. The summed E-state index contributed by atoms with van der Waals surface area (Å²) in [6, 6.07) is 0. The molecule has 0 unspecified atom stereocenters. The number of aliphatic carboxylic acids is 1. The number of β-amino-alcohol motifs (C(OH)–C–C–N with tert-alkyl or cyclic N) is 1. The summed E-state index contributed by atoms with van der Waals surface area (Å²) in [4.78, 5) is 10.4. The minimum Gasteiger partial charge on any atom is -0.481 e. The van der Waals surface area contributed by atoms with Gasteiger partial charge in [0.05, 0.1) is 25.3 Å². The molecule has 1 aliphatic rings. The lowest BCUT2D eigenvalue weighted by molar-refractivity contribution is -0.137. The fraction of sp³-hybridized carbons (Fsp3) is 0.556. The summed E-state index contributed by atoms with van der Waals surface area (Å²) in [7, 11) is -3.61. The van der Waals surface area contributed by atoms with Crippen molar-refractivity contribution in [2.45, 2.75) is 24.0 Å². The van der Waals surface area contributed by atoms with Gasteiger partial charge < -0.3 is 10.2 Å². The van der Waals surface area contributed by atoms with Crippen LogP contribution in [0.2, 0.25) is 0 Å². The third-order valence-corrected chi connectivity index (χ3v) is 4.42. The zero-order valence-corrected chi connectivity index (χ0v) is 10.2. The second-order valence-corrected chi connectivity index (χ2v) is 6.00. The lowest BCUT2D eigenvalue weighted by Gasteiger charge is -2.34. The molecule has 2 N–H and O–H groups in total. The fourth-order valence-electron chi connectivity index (χ4n) is 1.57. The molecule has 1 aromatic rings. The average Bonchev–Trinajstić information content (AvgIpc) is 2.71. The van der Waals surface area contributed by atoms with Crippen LogP contribution in [0.4, 0.5) is 0 Å². The highest BCUT2D eigenvalue weighted by molar-refractivity contribution is 7.89. The van der Waals surface area contributed by atoms with E-state index >= 15 is 0 Å². The molecular weight excluding hydrogens is 262 g/mol. The van der Waals surface area contributed by atoms with Crippen molar-refractivity contribution < 1.29 is 23.4 Å². The van der Waals surface area contributed by atoms with Crippen LogP contribution in [0.1, 0.15) is 6.42 Å². The van der Waals surface area contributed by atoms with Crippen LogP contribution in [-0.4, -0.2) is 57.9 Å². The number of hydrogen-bond donors (Lipinski definition) is 2. The Morgan fingerprint density at radius 2 is 2.17 bits per heavy atom. The summed E-state index contributed by atoms with van der Waals surface area (Å²) < 4.78 is 26.3. The highest BCUT2D eigenvalue weighted by Gasteiger charge is 2.36. The van der Waals surface area contributed by atoms with Gasteiger partial charge in [0.2, 0.25) is 10.0 Å². The number of rotatable bonds is 5. The van der Waals surface area contributed by atoms with Crippen LogP contribution >= 0.6 is 0 Å². The van der Waals surface area contributed by atoms with Gasteiger partial charge in [0.1, 0.15) is 4.90 Å². The number of sulfonamides is 1. The number of hydrogen-bond acceptors (Lipinski definition) is 5. The topological polar surface area (TPSA) is 113 Å². The monoisotopic (exact) mass is 275 g/mol. The molecule has 100 valence electrons. The van der Waals surface area contributed by atoms with E-state index in [0.29, 0.717) is 0 Å². The van der Waals surface area contributed by atoms with Crippen molar-refractivity contribution >= 4 is 16.0 Å². The summed E-state index contributed by atoms with van der Waals surface area (Å²) in [5.74, 6) is -0.972. The Labute approximate surface area is 103 Å². The summed E-state index contributed by atoms with van der Waals surface area (Å²) in [6.07, 6.45) is 1.75. The first-order valence-corrected chi connectivity index (χ1v) is 6.76. The van der Waals surface area contributed by atoms with Gasteiger partial charge in [-0.1, -0.05) is 0 Å². The second-order valence-electron chi connectivity index (χ2n) is 4.06. The molecule has 0 spiro atoms. The molecule has 18 heavy (non-hydrogen) atoms. The van der Waals surface area contributed by atoms with Crippen LogP contribution in [-0.2, 0) is 21.4 Å². The SMILES string of the molecule is O=C(O)CCn1cc(S(=O)(=O)N2CC(O)C2)cn1. The van der Waals surface area contributed by atoms with Gasteiger partial charge in [0.25, 0.3) is 0 Å². The smallest absolute Gasteiger partial charge is 0.305 e. The van der Waals surface area contributed by atoms with Crippen LogP contribution in [0.3, 0.4) is 0 Å². The minimum atomic E-state index is -3.61. The highest BCUT2D eigenvalue weighted by Crippen LogP contribution is 2.20. The molecule has 1 saturated heterocycles. The molecule has 2 rings (SSSR count). The Morgan fingerprint density at radius 3 is 2.72 bits per heavy atom. The Bertz CT molecular complexity index is 546. The van der Waals surface area contributed by atoms with E-state index in [4.69, 9.17) is 10.2 Å². The van der Waals surface area contributed by atoms with E-state index in [1.54, 1.807) is 0 Å². The molecule has 0 aromatic carbocycles. The predicted octanol–water partition coefficient (Wildman–Crippen LogP) is -1.28. The van der Waals surface area contributed by atoms with Crippen molar-refractivity contribution in [3.05, 3.63) is 12.4 Å². The van der Waals surface area contributed by atoms with E-state index in [1.807, 2.05) is 0 Å². The van der Waals surface area contributed by atoms with Crippen molar-refractivity contribution in [1.82, 2.24) is 14.1 Å². The minimum absolute atomic E-state index is 0.0137. The largest absolute Gasteiger partial charge is 0.481 e. The maximum absolute atomic E-state index is 12.0. The number of aliphatic hydroxyl groups excluding tert-OH is 1. The molecule has 1 aromatic heterocycles. The van der Waals surface area contributed by atoms with Gasteiger partial charge in [0.15, 0.2) is 0 Å². The molecule has 0 radical (unpaired) electrons. The standard InChI is InChI=1S/C9H13N3O5S/c13-7-4-12(5-7)18(16,17)8-3-10-11(6-8)2-1-9(14)15/h3,6-7,13H,1-2,4-5H2,(H,14,15). The number of aromatic nitrogens is 2. The number of carboxylic acid groups (broad SMARTS) is 1. The van der Waals surface area contributed by atoms with Crippen LogP contribution in [0, 0.1) is 0 Å². The zero-order chi connectivity index (χ0) is 13.3. The van der Waals surface area contributed by atoms with Crippen LogP contribution in [0.5, 0.6) is 0 Å². The molecule has 0 saturated carbocycles. The van der Waals surface area contributed by atoms with Crippen molar-refractivity contribution in [1.29, 1.82) is 0 Å². The lowest BCUT2D eigenvalue weighted by Crippen LogP contribution is -2.53. The number of aryl methyl sites for hydroxylation is 1. The molecule has 0 atom stereocenters. The Morgan fingerprint density at radius 1 is 1.50 bits per heavy atom. The number of nitrogens with zero attached hydrogens (tertiary/aromatic N) is 3. The Balaban J connectivity index is 2.07. The fourth-order valence-corrected chi connectivity index (χ4v) is 3.04. The molecular formula is C9H13N3O5S. The second kappa shape index (κ2) is 4.67. The van der Waals surface area contributed by atoms with Crippen LogP contribution in [0.25, 0.3) is 0 Å². The quantitative estimate of drug-likeness (QED) is 0.692. The van der Waals surface area contributed by atoms with Crippen LogP contribution < -0.4 is 0 Å². The molecule has 8 nitrogen and oxygen atoms in total. The van der Waals surface area contributed by atoms with E-state index in [1.165, 1.54) is 17.1 Å². The number of carboxylic acids is 1. The predicted molar refractivity (Wildman–Crippen MR) is 59.2 cm³/mol. The average molecular weight is 275 g/mol. The van der Waals surface area contributed by atoms with Gasteiger partial charge in [-0.15, -0.1) is 0 Å². The Hall–Kier alpha value is -1.45. The number of aliphatic hydroxyl groups is 1. The molecule has 1 aliphatic heterocycles. The van der Waals surface area contributed by atoms with Gasteiger partial charge >= 0.3 is 5.97 Å². The molecule has 9 heteroatoms. The van der Waals surface area contributed by atoms with Crippen LogP contribution in [0.15, 0.2) is 17.3 Å². The number of carbonyl (C=O) groups is 1. The molecule has 0 aliphatic carbocycles. The molecule has 2 heterocycles. The van der Waals surface area contributed by atoms with Crippen molar-refractivity contribution in [3.63, 3.8) is 0 Å². The highest BCUT2D eigenvalue weighted by atomic mass is 32.2. The van der Waals surface area contributed by atoms with Gasteiger partial charge in [-0.3, -0.25) is 9.48 Å². The van der Waals surface area contributed by atoms with Gasteiger partial charge in [0, 0.05) is 19.3 Å². The molecule has 0 bridgehead atoms. The summed E-state index contributed by atoms with van der Waals surface area (Å²) in [5.41, 5.74) is 0. The first-order valence-electron chi connectivity index (χ1n) is 5.32. The van der Waals surface area contributed by atoms with E-state index in [9.17, 15) is 13.2 Å². The maximum Gasteiger partial charge on any atom is 0.305 e. The third kappa shape index (κ3) is 2.52. The first kappa shape index (κ1) is 13.0. The lowest BCUT2D eigenvalue weighted by atomic mass is 10.2. The molecule has 0 amide bonds. The van der Waals surface area contributed by atoms with Gasteiger partial charge in [-0.05, 0) is 0 Å². The summed E-state index contributed by atoms with van der Waals surface area (Å²) >= 11 is 0. The van der Waals surface area contributed by atoms with E-state index < -0.39 is 22.1 Å². The summed E-state index contributed by atoms with van der Waals surface area (Å²) in [6.45, 7) is 0.290. The van der Waals surface area contributed by atoms with Gasteiger partial charge in [-0.25, -0.2) is 8.42 Å². The van der Waals surface area contributed by atoms with E-state index in [0.717, 1.165) is 4.31 Å². The summed E-state index contributed by atoms with van der Waals surface area (Å²) in [5, 5.41) is 21.4. The van der Waals surface area contributed by atoms with Crippen molar-refractivity contribution in [2.75, 3.05) is 13.1 Å². The van der Waals surface area contributed by atoms with E-state index in [-0.39, 0.29) is 31.0 Å². The third-order valence-electron chi connectivity index (χ3n) is 2.63. The van der Waals surface area contributed by atoms with Gasteiger partial charge in [-0.2, -0.15) is 9.40 Å². The maximum atomic E-state index is 12.0. The first-order chi connectivity index (χ1) is 8.39. The van der Waals surface area contributed by atoms with Crippen molar-refractivity contribution in [3.8, 4) is 0 Å².